The van der Waals surface area contributed by atoms with Crippen molar-refractivity contribution in [3.05, 3.63) is 52.8 Å². The van der Waals surface area contributed by atoms with Gasteiger partial charge in [0.05, 0.1) is 27.4 Å². The number of hydrogen-bond donors (Lipinski definition) is 3. The third-order valence-corrected chi connectivity index (χ3v) is 5.56. The van der Waals surface area contributed by atoms with Crippen LogP contribution in [-0.4, -0.2) is 22.1 Å². The van der Waals surface area contributed by atoms with E-state index < -0.39 is 0 Å². The van der Waals surface area contributed by atoms with Crippen molar-refractivity contribution in [1.82, 2.24) is 15.0 Å². The highest BCUT2D eigenvalue weighted by Crippen LogP contribution is 2.34. The standard InChI is InChI=1S/C18H14Cl2N6OS/c1-27-10-3-5-13-14(7-10)28-18(25-13)26-17-15(21)16(22-8-23-17)24-9-2-4-11(19)12(20)6-9/h2-8H,21H2,1H3,(H2,22,23,24,25,26). The highest BCUT2D eigenvalue weighted by Gasteiger charge is 2.12. The van der Waals surface area contributed by atoms with Gasteiger partial charge in [-0.2, -0.15) is 0 Å². The van der Waals surface area contributed by atoms with Crippen molar-refractivity contribution < 1.29 is 4.74 Å². The van der Waals surface area contributed by atoms with Crippen LogP contribution in [0.15, 0.2) is 42.7 Å². The number of ether oxygens (including phenoxy) is 1. The molecule has 7 nitrogen and oxygen atoms in total. The Kier molecular flexibility index (Phi) is 5.08. The zero-order chi connectivity index (χ0) is 19.7. The molecule has 0 saturated heterocycles. The van der Waals surface area contributed by atoms with Crippen LogP contribution in [0.25, 0.3) is 10.2 Å². The summed E-state index contributed by atoms with van der Waals surface area (Å²) >= 11 is 13.5. The number of halogens is 2. The minimum absolute atomic E-state index is 0.352. The summed E-state index contributed by atoms with van der Waals surface area (Å²) in [6.07, 6.45) is 1.41. The molecule has 4 N–H and O–H groups in total. The number of nitrogens with two attached hydrogens (primary N) is 1. The number of fused-ring (bicyclic) bond motifs is 1. The number of aromatic nitrogens is 3. The first-order valence-corrected chi connectivity index (χ1v) is 9.65. The normalized spacial score (nSPS) is 10.8. The number of nitrogens with one attached hydrogen (secondary N) is 2. The molecule has 0 radical (unpaired) electrons. The summed E-state index contributed by atoms with van der Waals surface area (Å²) < 4.78 is 6.24. The summed E-state index contributed by atoms with van der Waals surface area (Å²) in [7, 11) is 1.63. The van der Waals surface area contributed by atoms with Crippen LogP contribution in [0.3, 0.4) is 0 Å². The predicted molar refractivity (Wildman–Crippen MR) is 116 cm³/mol. The maximum atomic E-state index is 6.23. The van der Waals surface area contributed by atoms with E-state index in [2.05, 4.69) is 25.6 Å². The molecular weight excluding hydrogens is 419 g/mol. The predicted octanol–water partition coefficient (Wildman–Crippen LogP) is 5.47. The molecule has 0 saturated carbocycles. The molecule has 0 amide bonds. The largest absolute Gasteiger partial charge is 0.497 e. The van der Waals surface area contributed by atoms with Crippen LogP contribution in [0.4, 0.5) is 28.1 Å². The number of anilines is 5. The molecule has 4 aromatic rings. The van der Waals surface area contributed by atoms with Crippen LogP contribution in [0, 0.1) is 0 Å². The molecule has 0 unspecified atom stereocenters. The molecule has 0 aliphatic heterocycles. The van der Waals surface area contributed by atoms with E-state index in [0.29, 0.717) is 38.2 Å². The van der Waals surface area contributed by atoms with Crippen molar-refractivity contribution in [2.24, 2.45) is 0 Å². The third kappa shape index (κ3) is 3.75. The smallest absolute Gasteiger partial charge is 0.189 e. The molecule has 0 spiro atoms. The molecule has 0 atom stereocenters. The number of hydrogen-bond acceptors (Lipinski definition) is 8. The number of rotatable bonds is 5. The quantitative estimate of drug-likeness (QED) is 0.384. The molecule has 2 heterocycles. The summed E-state index contributed by atoms with van der Waals surface area (Å²) in [5.41, 5.74) is 8.15. The van der Waals surface area contributed by atoms with E-state index in [0.717, 1.165) is 16.0 Å². The van der Waals surface area contributed by atoms with Crippen LogP contribution in [0.5, 0.6) is 5.75 Å². The molecule has 0 aliphatic carbocycles. The van der Waals surface area contributed by atoms with E-state index in [1.807, 2.05) is 18.2 Å². The van der Waals surface area contributed by atoms with E-state index in [1.54, 1.807) is 25.3 Å². The zero-order valence-corrected chi connectivity index (χ0v) is 16.9. The molecule has 2 aromatic carbocycles. The lowest BCUT2D eigenvalue weighted by atomic mass is 10.3. The first-order valence-electron chi connectivity index (χ1n) is 8.07. The van der Waals surface area contributed by atoms with Gasteiger partial charge in [0.2, 0.25) is 0 Å². The van der Waals surface area contributed by atoms with Crippen molar-refractivity contribution in [3.8, 4) is 5.75 Å². The molecule has 0 fully saturated rings. The monoisotopic (exact) mass is 432 g/mol. The minimum Gasteiger partial charge on any atom is -0.497 e. The summed E-state index contributed by atoms with van der Waals surface area (Å²) in [5.74, 6) is 1.67. The molecular formula is C18H14Cl2N6OS. The molecule has 0 aliphatic rings. The van der Waals surface area contributed by atoms with Crippen LogP contribution >= 0.6 is 34.5 Å². The van der Waals surface area contributed by atoms with Gasteiger partial charge in [-0.15, -0.1) is 0 Å². The topological polar surface area (TPSA) is 98.0 Å². The lowest BCUT2D eigenvalue weighted by Crippen LogP contribution is -2.05. The number of methoxy groups -OCH3 is 1. The van der Waals surface area contributed by atoms with Crippen molar-refractivity contribution >= 4 is 72.9 Å². The number of benzene rings is 2. The van der Waals surface area contributed by atoms with Gasteiger partial charge >= 0.3 is 0 Å². The maximum Gasteiger partial charge on any atom is 0.189 e. The Labute approximate surface area is 174 Å². The molecule has 28 heavy (non-hydrogen) atoms. The van der Waals surface area contributed by atoms with Crippen LogP contribution in [-0.2, 0) is 0 Å². The van der Waals surface area contributed by atoms with Gasteiger partial charge in [-0.1, -0.05) is 34.5 Å². The van der Waals surface area contributed by atoms with E-state index in [4.69, 9.17) is 33.7 Å². The van der Waals surface area contributed by atoms with Gasteiger partial charge in [0.25, 0.3) is 0 Å². The lowest BCUT2D eigenvalue weighted by molar-refractivity contribution is 0.415. The van der Waals surface area contributed by atoms with Crippen molar-refractivity contribution in [3.63, 3.8) is 0 Å². The van der Waals surface area contributed by atoms with Crippen LogP contribution in [0.1, 0.15) is 0 Å². The summed E-state index contributed by atoms with van der Waals surface area (Å²) in [4.78, 5) is 13.0. The molecule has 2 aromatic heterocycles. The Balaban J connectivity index is 1.60. The summed E-state index contributed by atoms with van der Waals surface area (Å²) in [5, 5.41) is 7.83. The van der Waals surface area contributed by atoms with Gasteiger partial charge in [0, 0.05) is 5.69 Å². The van der Waals surface area contributed by atoms with Gasteiger partial charge in [-0.05, 0) is 36.4 Å². The van der Waals surface area contributed by atoms with Gasteiger partial charge in [-0.25, -0.2) is 15.0 Å². The summed E-state index contributed by atoms with van der Waals surface area (Å²) in [6.45, 7) is 0. The molecule has 0 bridgehead atoms. The molecule has 10 heteroatoms. The van der Waals surface area contributed by atoms with Gasteiger partial charge in [-0.3, -0.25) is 0 Å². The van der Waals surface area contributed by atoms with Gasteiger partial charge in [0.15, 0.2) is 16.8 Å². The fourth-order valence-corrected chi connectivity index (χ4v) is 3.68. The Hall–Kier alpha value is -2.81. The Morgan fingerprint density at radius 2 is 1.79 bits per heavy atom. The number of thiazole rings is 1. The number of nitrogens with zero attached hydrogens (tertiary/aromatic N) is 3. The van der Waals surface area contributed by atoms with Crippen LogP contribution < -0.4 is 21.1 Å². The second kappa shape index (κ2) is 7.67. The number of nitrogen functional groups attached to an aromatic ring is 1. The fraction of sp³-hybridized carbons (Fsp3) is 0.0556. The second-order valence-electron chi connectivity index (χ2n) is 5.72. The molecule has 4 rings (SSSR count). The zero-order valence-electron chi connectivity index (χ0n) is 14.5. The first kappa shape index (κ1) is 18.5. The van der Waals surface area contributed by atoms with Crippen LogP contribution in [0.2, 0.25) is 10.0 Å². The molecule has 142 valence electrons. The average molecular weight is 433 g/mol. The first-order chi connectivity index (χ1) is 13.5. The fourth-order valence-electron chi connectivity index (χ4n) is 2.49. The van der Waals surface area contributed by atoms with E-state index >= 15 is 0 Å². The SMILES string of the molecule is COc1ccc2nc(Nc3ncnc(Nc4ccc(Cl)c(Cl)c4)c3N)sc2c1. The van der Waals surface area contributed by atoms with Crippen molar-refractivity contribution in [2.45, 2.75) is 0 Å². The van der Waals surface area contributed by atoms with Gasteiger partial charge in [0.1, 0.15) is 17.8 Å². The second-order valence-corrected chi connectivity index (χ2v) is 7.56. The van der Waals surface area contributed by atoms with E-state index in [-0.39, 0.29) is 0 Å². The van der Waals surface area contributed by atoms with E-state index in [9.17, 15) is 0 Å². The third-order valence-electron chi connectivity index (χ3n) is 3.89. The van der Waals surface area contributed by atoms with Crippen molar-refractivity contribution in [1.29, 1.82) is 0 Å². The minimum atomic E-state index is 0.352. The lowest BCUT2D eigenvalue weighted by Gasteiger charge is -2.11. The van der Waals surface area contributed by atoms with Crippen molar-refractivity contribution in [2.75, 3.05) is 23.5 Å². The highest BCUT2D eigenvalue weighted by atomic mass is 35.5. The highest BCUT2D eigenvalue weighted by molar-refractivity contribution is 7.22. The Bertz CT molecular complexity index is 1170. The van der Waals surface area contributed by atoms with E-state index in [1.165, 1.54) is 17.7 Å². The Morgan fingerprint density at radius 1 is 1.00 bits per heavy atom. The van der Waals surface area contributed by atoms with Gasteiger partial charge < -0.3 is 21.1 Å². The maximum absolute atomic E-state index is 6.23. The summed E-state index contributed by atoms with van der Waals surface area (Å²) in [6, 6.07) is 10.9. The average Bonchev–Trinajstić information content (AvgIpc) is 3.09. The Morgan fingerprint density at radius 3 is 2.54 bits per heavy atom.